The maximum atomic E-state index is 12.6. The first-order valence-corrected chi connectivity index (χ1v) is 7.27. The molecule has 5 heteroatoms. The predicted octanol–water partition coefficient (Wildman–Crippen LogP) is 2.04. The van der Waals surface area contributed by atoms with Gasteiger partial charge in [0.2, 0.25) is 0 Å². The molecule has 0 aliphatic carbocycles. The fourth-order valence-electron chi connectivity index (χ4n) is 2.76. The summed E-state index contributed by atoms with van der Waals surface area (Å²) >= 11 is 0. The summed E-state index contributed by atoms with van der Waals surface area (Å²) in [4.78, 5) is 26.1. The molecule has 1 aliphatic heterocycles. The number of imide groups is 1. The average Bonchev–Trinajstić information content (AvgIpc) is 2.73. The van der Waals surface area contributed by atoms with Gasteiger partial charge in [0.15, 0.2) is 0 Å². The maximum absolute atomic E-state index is 12.6. The van der Waals surface area contributed by atoms with E-state index in [4.69, 9.17) is 5.11 Å². The highest BCUT2D eigenvalue weighted by molar-refractivity contribution is 6.07. The molecule has 1 fully saturated rings. The van der Waals surface area contributed by atoms with Crippen LogP contribution < -0.4 is 5.32 Å². The van der Waals surface area contributed by atoms with Gasteiger partial charge in [0, 0.05) is 0 Å². The van der Waals surface area contributed by atoms with Gasteiger partial charge in [-0.15, -0.1) is 0 Å². The first-order chi connectivity index (χ1) is 9.94. The van der Waals surface area contributed by atoms with E-state index in [2.05, 4.69) is 5.32 Å². The zero-order valence-corrected chi connectivity index (χ0v) is 12.7. The lowest BCUT2D eigenvalue weighted by Gasteiger charge is -2.29. The van der Waals surface area contributed by atoms with Crippen molar-refractivity contribution in [3.8, 4) is 0 Å². The van der Waals surface area contributed by atoms with E-state index in [1.165, 1.54) is 4.90 Å². The molecule has 0 saturated carbocycles. The minimum absolute atomic E-state index is 0.0181. The molecule has 0 spiro atoms. The van der Waals surface area contributed by atoms with Gasteiger partial charge >= 0.3 is 6.03 Å². The number of amides is 3. The third kappa shape index (κ3) is 2.65. The largest absolute Gasteiger partial charge is 0.392 e. The van der Waals surface area contributed by atoms with E-state index in [1.807, 2.05) is 32.9 Å². The second-order valence-corrected chi connectivity index (χ2v) is 5.78. The molecule has 1 heterocycles. The van der Waals surface area contributed by atoms with Crippen LogP contribution in [0.25, 0.3) is 0 Å². The number of carbonyl (C=O) groups excluding carboxylic acids is 2. The van der Waals surface area contributed by atoms with Gasteiger partial charge in [-0.3, -0.25) is 9.69 Å². The summed E-state index contributed by atoms with van der Waals surface area (Å²) in [6, 6.07) is 6.91. The monoisotopic (exact) mass is 290 g/mol. The molecule has 5 nitrogen and oxygen atoms in total. The SMILES string of the molecule is CCC1(C(C)C)NC(=O)N(Cc2ccc(CO)cc2)C1=O. The fraction of sp³-hybridized carbons (Fsp3) is 0.500. The van der Waals surface area contributed by atoms with E-state index in [0.29, 0.717) is 6.42 Å². The van der Waals surface area contributed by atoms with Crippen LogP contribution in [0.1, 0.15) is 38.3 Å². The van der Waals surface area contributed by atoms with Crippen molar-refractivity contribution in [2.45, 2.75) is 45.9 Å². The summed E-state index contributed by atoms with van der Waals surface area (Å²) in [6.07, 6.45) is 0.579. The van der Waals surface area contributed by atoms with Gasteiger partial charge < -0.3 is 10.4 Å². The number of urea groups is 1. The van der Waals surface area contributed by atoms with E-state index in [-0.39, 0.29) is 31.0 Å². The normalized spacial score (nSPS) is 22.0. The van der Waals surface area contributed by atoms with Gasteiger partial charge in [-0.2, -0.15) is 0 Å². The zero-order valence-electron chi connectivity index (χ0n) is 12.7. The molecule has 114 valence electrons. The van der Waals surface area contributed by atoms with Gasteiger partial charge in [-0.05, 0) is 23.5 Å². The van der Waals surface area contributed by atoms with Crippen LogP contribution in [0.4, 0.5) is 4.79 Å². The van der Waals surface area contributed by atoms with E-state index < -0.39 is 5.54 Å². The summed E-state index contributed by atoms with van der Waals surface area (Å²) < 4.78 is 0. The summed E-state index contributed by atoms with van der Waals surface area (Å²) in [5.74, 6) is -0.114. The van der Waals surface area contributed by atoms with Crippen molar-refractivity contribution in [2.24, 2.45) is 5.92 Å². The third-order valence-corrected chi connectivity index (χ3v) is 4.29. The van der Waals surface area contributed by atoms with Gasteiger partial charge in [-0.25, -0.2) is 4.79 Å². The van der Waals surface area contributed by atoms with E-state index in [0.717, 1.165) is 11.1 Å². The van der Waals surface area contributed by atoms with E-state index >= 15 is 0 Å². The summed E-state index contributed by atoms with van der Waals surface area (Å²) in [5.41, 5.74) is 0.884. The molecule has 0 bridgehead atoms. The van der Waals surface area contributed by atoms with Crippen molar-refractivity contribution in [1.29, 1.82) is 0 Å². The first kappa shape index (κ1) is 15.5. The number of carbonyl (C=O) groups is 2. The van der Waals surface area contributed by atoms with Crippen LogP contribution >= 0.6 is 0 Å². The predicted molar refractivity (Wildman–Crippen MR) is 79.3 cm³/mol. The molecule has 1 aliphatic rings. The van der Waals surface area contributed by atoms with Crippen molar-refractivity contribution < 1.29 is 14.7 Å². The van der Waals surface area contributed by atoms with Crippen LogP contribution in [0.3, 0.4) is 0 Å². The summed E-state index contributed by atoms with van der Waals surface area (Å²) in [7, 11) is 0. The average molecular weight is 290 g/mol. The Labute approximate surface area is 125 Å². The lowest BCUT2D eigenvalue weighted by molar-refractivity contribution is -0.133. The summed E-state index contributed by atoms with van der Waals surface area (Å²) in [5, 5.41) is 11.9. The topological polar surface area (TPSA) is 69.6 Å². The fourth-order valence-corrected chi connectivity index (χ4v) is 2.76. The molecule has 2 N–H and O–H groups in total. The lowest BCUT2D eigenvalue weighted by atomic mass is 9.84. The second kappa shape index (κ2) is 5.85. The van der Waals surface area contributed by atoms with Crippen LogP contribution in [-0.4, -0.2) is 27.5 Å². The van der Waals surface area contributed by atoms with E-state index in [1.54, 1.807) is 12.1 Å². The number of aliphatic hydroxyl groups excluding tert-OH is 1. The Bertz CT molecular complexity index is 539. The molecule has 1 atom stereocenters. The standard InChI is InChI=1S/C16H22N2O3/c1-4-16(11(2)3)14(20)18(15(21)17-16)9-12-5-7-13(10-19)8-6-12/h5-8,11,19H,4,9-10H2,1-3H3,(H,17,21). The summed E-state index contributed by atoms with van der Waals surface area (Å²) in [6.45, 7) is 6.04. The Kier molecular flexibility index (Phi) is 4.32. The minimum Gasteiger partial charge on any atom is -0.392 e. The quantitative estimate of drug-likeness (QED) is 0.815. The van der Waals surface area contributed by atoms with Crippen molar-refractivity contribution >= 4 is 11.9 Å². The highest BCUT2D eigenvalue weighted by atomic mass is 16.3. The molecule has 1 aromatic rings. The molecule has 0 radical (unpaired) electrons. The molecule has 1 unspecified atom stereocenters. The molecule has 2 rings (SSSR count). The number of aliphatic hydroxyl groups is 1. The maximum Gasteiger partial charge on any atom is 0.325 e. The van der Waals surface area contributed by atoms with Gasteiger partial charge in [0.25, 0.3) is 5.91 Å². The van der Waals surface area contributed by atoms with Crippen molar-refractivity contribution in [3.63, 3.8) is 0 Å². The first-order valence-electron chi connectivity index (χ1n) is 7.27. The smallest absolute Gasteiger partial charge is 0.325 e. The number of hydrogen-bond acceptors (Lipinski definition) is 3. The Morgan fingerprint density at radius 2 is 1.76 bits per heavy atom. The van der Waals surface area contributed by atoms with Crippen LogP contribution in [0.5, 0.6) is 0 Å². The van der Waals surface area contributed by atoms with Crippen LogP contribution in [0, 0.1) is 5.92 Å². The van der Waals surface area contributed by atoms with Crippen LogP contribution in [0.15, 0.2) is 24.3 Å². The molecular weight excluding hydrogens is 268 g/mol. The number of hydrogen-bond donors (Lipinski definition) is 2. The Morgan fingerprint density at radius 1 is 1.19 bits per heavy atom. The Balaban J connectivity index is 2.20. The van der Waals surface area contributed by atoms with Crippen LogP contribution in [0.2, 0.25) is 0 Å². The highest BCUT2D eigenvalue weighted by Crippen LogP contribution is 2.30. The number of rotatable bonds is 5. The number of nitrogens with zero attached hydrogens (tertiary/aromatic N) is 1. The minimum atomic E-state index is -0.790. The van der Waals surface area contributed by atoms with Crippen molar-refractivity contribution in [2.75, 3.05) is 0 Å². The zero-order chi connectivity index (χ0) is 15.6. The molecule has 1 aromatic carbocycles. The third-order valence-electron chi connectivity index (χ3n) is 4.29. The number of benzene rings is 1. The second-order valence-electron chi connectivity index (χ2n) is 5.78. The Hall–Kier alpha value is -1.88. The lowest BCUT2D eigenvalue weighted by Crippen LogP contribution is -2.50. The van der Waals surface area contributed by atoms with Gasteiger partial charge in [-0.1, -0.05) is 45.0 Å². The van der Waals surface area contributed by atoms with Crippen molar-refractivity contribution in [1.82, 2.24) is 10.2 Å². The highest BCUT2D eigenvalue weighted by Gasteiger charge is 2.51. The van der Waals surface area contributed by atoms with Gasteiger partial charge in [0.1, 0.15) is 5.54 Å². The van der Waals surface area contributed by atoms with E-state index in [9.17, 15) is 9.59 Å². The molecule has 21 heavy (non-hydrogen) atoms. The molecule has 1 saturated heterocycles. The van der Waals surface area contributed by atoms with Gasteiger partial charge in [0.05, 0.1) is 13.2 Å². The Morgan fingerprint density at radius 3 is 2.19 bits per heavy atom. The number of nitrogens with one attached hydrogen (secondary N) is 1. The van der Waals surface area contributed by atoms with Crippen molar-refractivity contribution in [3.05, 3.63) is 35.4 Å². The van der Waals surface area contributed by atoms with Crippen LogP contribution in [-0.2, 0) is 17.9 Å². The molecule has 0 aromatic heterocycles. The molecule has 3 amide bonds. The molecular formula is C16H22N2O3.